The van der Waals surface area contributed by atoms with Crippen LogP contribution in [0.4, 0.5) is 0 Å². The minimum absolute atomic E-state index is 1.00. The summed E-state index contributed by atoms with van der Waals surface area (Å²) >= 11 is 0. The number of rotatable bonds is 5. The van der Waals surface area contributed by atoms with Crippen molar-refractivity contribution >= 4 is 10.9 Å². The lowest BCUT2D eigenvalue weighted by Gasteiger charge is -2.17. The number of aromatic nitrogens is 1. The summed E-state index contributed by atoms with van der Waals surface area (Å²) in [6.45, 7) is 6.41. The first-order chi connectivity index (χ1) is 10.6. The number of aryl methyl sites for hydroxylation is 2. The average molecular weight is 292 g/mol. The number of para-hydroxylation sites is 1. The summed E-state index contributed by atoms with van der Waals surface area (Å²) in [6, 6.07) is 15.3. The molecule has 0 amide bonds. The predicted molar refractivity (Wildman–Crippen MR) is 94.3 cm³/mol. The smallest absolute Gasteiger partial charge is 0.0456 e. The van der Waals surface area contributed by atoms with Crippen LogP contribution in [0.1, 0.15) is 22.3 Å². The molecule has 2 nitrogen and oxygen atoms in total. The van der Waals surface area contributed by atoms with Crippen LogP contribution >= 0.6 is 0 Å². The summed E-state index contributed by atoms with van der Waals surface area (Å²) in [5.41, 5.74) is 6.73. The van der Waals surface area contributed by atoms with Crippen LogP contribution in [0.5, 0.6) is 0 Å². The fourth-order valence-electron chi connectivity index (χ4n) is 3.20. The Balaban J connectivity index is 1.63. The normalized spacial score (nSPS) is 11.5. The molecule has 1 heterocycles. The first-order valence-corrected chi connectivity index (χ1v) is 7.92. The second-order valence-corrected chi connectivity index (χ2v) is 6.34. The number of fused-ring (bicyclic) bond motifs is 1. The van der Waals surface area contributed by atoms with E-state index < -0.39 is 0 Å². The average Bonchev–Trinajstić information content (AvgIpc) is 2.87. The largest absolute Gasteiger partial charge is 0.361 e. The fourth-order valence-corrected chi connectivity index (χ4v) is 3.20. The molecule has 0 aliphatic heterocycles. The molecule has 0 saturated heterocycles. The number of likely N-dealkylation sites (N-methyl/N-ethyl adjacent to an activating group) is 1. The maximum atomic E-state index is 3.36. The summed E-state index contributed by atoms with van der Waals surface area (Å²) in [5, 5.41) is 1.35. The molecule has 0 aliphatic rings. The van der Waals surface area contributed by atoms with E-state index >= 15 is 0 Å². The van der Waals surface area contributed by atoms with E-state index in [1.54, 1.807) is 0 Å². The van der Waals surface area contributed by atoms with Crippen LogP contribution in [-0.4, -0.2) is 23.5 Å². The molecular weight excluding hydrogens is 268 g/mol. The highest BCUT2D eigenvalue weighted by Gasteiger charge is 2.06. The minimum Gasteiger partial charge on any atom is -0.361 e. The fraction of sp³-hybridized carbons (Fsp3) is 0.300. The second-order valence-electron chi connectivity index (χ2n) is 6.34. The Morgan fingerprint density at radius 3 is 2.50 bits per heavy atom. The van der Waals surface area contributed by atoms with Crippen LogP contribution < -0.4 is 0 Å². The SMILES string of the molecule is Cc1cc(C)cc(CN(C)CCc2c[nH]c3ccccc23)c1. The third-order valence-electron chi connectivity index (χ3n) is 4.17. The van der Waals surface area contributed by atoms with Crippen LogP contribution in [-0.2, 0) is 13.0 Å². The number of benzene rings is 2. The van der Waals surface area contributed by atoms with Crippen LogP contribution in [0.25, 0.3) is 10.9 Å². The van der Waals surface area contributed by atoms with Crippen molar-refractivity contribution in [1.82, 2.24) is 9.88 Å². The number of nitrogens with one attached hydrogen (secondary N) is 1. The van der Waals surface area contributed by atoms with Crippen LogP contribution in [0.3, 0.4) is 0 Å². The van der Waals surface area contributed by atoms with Gasteiger partial charge >= 0.3 is 0 Å². The highest BCUT2D eigenvalue weighted by molar-refractivity contribution is 5.83. The van der Waals surface area contributed by atoms with Crippen LogP contribution in [0.15, 0.2) is 48.7 Å². The first kappa shape index (κ1) is 14.9. The van der Waals surface area contributed by atoms with Gasteiger partial charge in [-0.2, -0.15) is 0 Å². The second kappa shape index (κ2) is 6.37. The van der Waals surface area contributed by atoms with Crippen molar-refractivity contribution in [3.63, 3.8) is 0 Å². The van der Waals surface area contributed by atoms with Crippen LogP contribution in [0, 0.1) is 13.8 Å². The standard InChI is InChI=1S/C20H24N2/c1-15-10-16(2)12-17(11-15)14-22(3)9-8-18-13-21-20-7-5-4-6-19(18)20/h4-7,10-13,21H,8-9,14H2,1-3H3. The number of H-pyrrole nitrogens is 1. The van der Waals surface area contributed by atoms with Gasteiger partial charge in [0.05, 0.1) is 0 Å². The van der Waals surface area contributed by atoms with E-state index in [1.807, 2.05) is 0 Å². The zero-order chi connectivity index (χ0) is 15.5. The number of hydrogen-bond acceptors (Lipinski definition) is 1. The van der Waals surface area contributed by atoms with Gasteiger partial charge < -0.3 is 9.88 Å². The number of nitrogens with zero attached hydrogens (tertiary/aromatic N) is 1. The van der Waals surface area contributed by atoms with Gasteiger partial charge in [-0.3, -0.25) is 0 Å². The summed E-state index contributed by atoms with van der Waals surface area (Å²) in [4.78, 5) is 5.76. The zero-order valence-corrected chi connectivity index (χ0v) is 13.7. The molecule has 0 radical (unpaired) electrons. The summed E-state index contributed by atoms with van der Waals surface area (Å²) in [5.74, 6) is 0. The minimum atomic E-state index is 1.00. The molecule has 114 valence electrons. The van der Waals surface area contributed by atoms with Gasteiger partial charge in [0.15, 0.2) is 0 Å². The predicted octanol–water partition coefficient (Wildman–Crippen LogP) is 4.46. The first-order valence-electron chi connectivity index (χ1n) is 7.92. The van der Waals surface area contributed by atoms with Gasteiger partial charge in [-0.1, -0.05) is 47.5 Å². The van der Waals surface area contributed by atoms with Crippen molar-refractivity contribution in [2.75, 3.05) is 13.6 Å². The summed E-state index contributed by atoms with van der Waals surface area (Å²) < 4.78 is 0. The van der Waals surface area contributed by atoms with Crippen LogP contribution in [0.2, 0.25) is 0 Å². The van der Waals surface area contributed by atoms with E-state index in [0.29, 0.717) is 0 Å². The Kier molecular flexibility index (Phi) is 4.30. The Morgan fingerprint density at radius 1 is 1.00 bits per heavy atom. The number of hydrogen-bond donors (Lipinski definition) is 1. The van der Waals surface area contributed by atoms with Gasteiger partial charge in [0, 0.05) is 30.2 Å². The lowest BCUT2D eigenvalue weighted by Crippen LogP contribution is -2.20. The summed E-state index contributed by atoms with van der Waals surface area (Å²) in [6.07, 6.45) is 3.22. The molecule has 0 aliphatic carbocycles. The molecule has 0 fully saturated rings. The van der Waals surface area contributed by atoms with E-state index in [1.165, 1.54) is 33.2 Å². The molecule has 3 aromatic rings. The maximum absolute atomic E-state index is 3.36. The third-order valence-corrected chi connectivity index (χ3v) is 4.17. The molecule has 0 spiro atoms. The van der Waals surface area contributed by atoms with E-state index in [9.17, 15) is 0 Å². The molecular formula is C20H24N2. The zero-order valence-electron chi connectivity index (χ0n) is 13.7. The highest BCUT2D eigenvalue weighted by Crippen LogP contribution is 2.18. The van der Waals surface area contributed by atoms with Gasteiger partial charge in [0.2, 0.25) is 0 Å². The Bertz CT molecular complexity index is 750. The molecule has 3 rings (SSSR count). The monoisotopic (exact) mass is 292 g/mol. The molecule has 0 atom stereocenters. The third kappa shape index (κ3) is 3.40. The molecule has 0 saturated carbocycles. The van der Waals surface area contributed by atoms with Crippen molar-refractivity contribution in [3.8, 4) is 0 Å². The van der Waals surface area contributed by atoms with Crippen molar-refractivity contribution < 1.29 is 0 Å². The molecule has 22 heavy (non-hydrogen) atoms. The van der Waals surface area contributed by atoms with E-state index in [2.05, 4.69) is 79.4 Å². The van der Waals surface area contributed by atoms with Gasteiger partial charge in [-0.05, 0) is 44.5 Å². The highest BCUT2D eigenvalue weighted by atomic mass is 15.1. The topological polar surface area (TPSA) is 19.0 Å². The number of aromatic amines is 1. The molecule has 1 N–H and O–H groups in total. The van der Waals surface area contributed by atoms with Gasteiger partial charge in [0.1, 0.15) is 0 Å². The summed E-state index contributed by atoms with van der Waals surface area (Å²) in [7, 11) is 2.20. The van der Waals surface area contributed by atoms with E-state index in [-0.39, 0.29) is 0 Å². The lowest BCUT2D eigenvalue weighted by atomic mass is 10.1. The van der Waals surface area contributed by atoms with Crippen molar-refractivity contribution in [1.29, 1.82) is 0 Å². The molecule has 2 aromatic carbocycles. The maximum Gasteiger partial charge on any atom is 0.0456 e. The van der Waals surface area contributed by atoms with Gasteiger partial charge in [0.25, 0.3) is 0 Å². The molecule has 0 bridgehead atoms. The van der Waals surface area contributed by atoms with Crippen molar-refractivity contribution in [2.45, 2.75) is 26.8 Å². The lowest BCUT2D eigenvalue weighted by molar-refractivity contribution is 0.331. The molecule has 0 unspecified atom stereocenters. The Morgan fingerprint density at radius 2 is 1.73 bits per heavy atom. The molecule has 1 aromatic heterocycles. The van der Waals surface area contributed by atoms with E-state index in [4.69, 9.17) is 0 Å². The van der Waals surface area contributed by atoms with Crippen molar-refractivity contribution in [3.05, 3.63) is 70.9 Å². The molecule has 2 heteroatoms. The Labute approximate surface area is 132 Å². The van der Waals surface area contributed by atoms with Gasteiger partial charge in [-0.15, -0.1) is 0 Å². The quantitative estimate of drug-likeness (QED) is 0.735. The van der Waals surface area contributed by atoms with E-state index in [0.717, 1.165) is 19.5 Å². The van der Waals surface area contributed by atoms with Gasteiger partial charge in [-0.25, -0.2) is 0 Å². The Hall–Kier alpha value is -2.06. The van der Waals surface area contributed by atoms with Crippen molar-refractivity contribution in [2.24, 2.45) is 0 Å².